The second-order valence-electron chi connectivity index (χ2n) is 5.93. The molecule has 0 aliphatic carbocycles. The van der Waals surface area contributed by atoms with Crippen molar-refractivity contribution >= 4 is 29.2 Å². The third-order valence-corrected chi connectivity index (χ3v) is 3.80. The van der Waals surface area contributed by atoms with E-state index in [0.717, 1.165) is 0 Å². The van der Waals surface area contributed by atoms with Gasteiger partial charge in [-0.3, -0.25) is 9.69 Å². The van der Waals surface area contributed by atoms with Crippen molar-refractivity contribution in [3.63, 3.8) is 0 Å². The number of hydrogen-bond donors (Lipinski definition) is 1. The maximum atomic E-state index is 12.7. The van der Waals surface area contributed by atoms with E-state index in [2.05, 4.69) is 0 Å². The first-order valence-corrected chi connectivity index (χ1v) is 7.07. The molecule has 5 nitrogen and oxygen atoms in total. The van der Waals surface area contributed by atoms with Crippen molar-refractivity contribution in [1.82, 2.24) is 0 Å². The number of aliphatic carboxylic acids is 1. The lowest BCUT2D eigenvalue weighted by atomic mass is 9.96. The number of amides is 1. The molecule has 1 aliphatic rings. The number of halogens is 1. The summed E-state index contributed by atoms with van der Waals surface area (Å²) in [7, 11) is 0. The third kappa shape index (κ3) is 2.58. The lowest BCUT2D eigenvalue weighted by Gasteiger charge is -2.42. The van der Waals surface area contributed by atoms with Crippen LogP contribution in [0.4, 0.5) is 5.69 Å². The van der Waals surface area contributed by atoms with Gasteiger partial charge in [0.1, 0.15) is 11.3 Å². The lowest BCUT2D eigenvalue weighted by molar-refractivity contribution is -0.145. The highest BCUT2D eigenvalue weighted by Gasteiger charge is 2.46. The number of benzene rings is 1. The van der Waals surface area contributed by atoms with Gasteiger partial charge < -0.3 is 9.84 Å². The molecule has 2 rings (SSSR count). The number of carboxylic acid groups (broad SMARTS) is 1. The van der Waals surface area contributed by atoms with E-state index in [1.165, 1.54) is 18.7 Å². The van der Waals surface area contributed by atoms with Crippen molar-refractivity contribution in [3.8, 4) is 5.75 Å². The number of carbonyl (C=O) groups excluding carboxylic acids is 1. The van der Waals surface area contributed by atoms with E-state index in [9.17, 15) is 14.7 Å². The van der Waals surface area contributed by atoms with Gasteiger partial charge in [0.25, 0.3) is 5.91 Å². The molecule has 1 aliphatic heterocycles. The van der Waals surface area contributed by atoms with Crippen molar-refractivity contribution in [2.45, 2.75) is 39.3 Å². The average molecular weight is 312 g/mol. The molecule has 1 N–H and O–H groups in total. The first-order chi connectivity index (χ1) is 9.66. The van der Waals surface area contributed by atoms with Crippen molar-refractivity contribution in [1.29, 1.82) is 0 Å². The summed E-state index contributed by atoms with van der Waals surface area (Å²) < 4.78 is 5.72. The van der Waals surface area contributed by atoms with E-state index in [4.69, 9.17) is 16.3 Å². The first kappa shape index (κ1) is 15.6. The predicted molar refractivity (Wildman–Crippen MR) is 79.9 cm³/mol. The lowest BCUT2D eigenvalue weighted by Crippen LogP contribution is -2.60. The Morgan fingerprint density at radius 2 is 2.05 bits per heavy atom. The summed E-state index contributed by atoms with van der Waals surface area (Å²) >= 11 is 5.98. The molecule has 0 radical (unpaired) electrons. The molecule has 6 heteroatoms. The van der Waals surface area contributed by atoms with Crippen LogP contribution in [0, 0.1) is 5.92 Å². The molecular formula is C15H18ClNO4. The second kappa shape index (κ2) is 5.22. The first-order valence-electron chi connectivity index (χ1n) is 6.70. The molecule has 1 atom stereocenters. The fourth-order valence-electron chi connectivity index (χ4n) is 2.29. The Morgan fingerprint density at radius 1 is 1.43 bits per heavy atom. The number of ether oxygens (including phenoxy) is 1. The molecular weight excluding hydrogens is 294 g/mol. The molecule has 1 amide bonds. The number of fused-ring (bicyclic) bond motifs is 1. The van der Waals surface area contributed by atoms with Crippen molar-refractivity contribution < 1.29 is 19.4 Å². The van der Waals surface area contributed by atoms with E-state index in [1.54, 1.807) is 18.2 Å². The number of anilines is 1. The summed E-state index contributed by atoms with van der Waals surface area (Å²) in [6, 6.07) is 4.86. The smallest absolute Gasteiger partial charge is 0.329 e. The van der Waals surface area contributed by atoms with E-state index < -0.39 is 17.6 Å². The summed E-state index contributed by atoms with van der Waals surface area (Å²) in [5, 5.41) is 9.88. The number of carbonyl (C=O) groups is 2. The predicted octanol–water partition coefficient (Wildman–Crippen LogP) is 2.95. The molecule has 1 heterocycles. The normalized spacial score (nSPS) is 18.5. The molecule has 1 aromatic rings. The number of nitrogens with zero attached hydrogens (tertiary/aromatic N) is 1. The maximum absolute atomic E-state index is 12.7. The molecule has 0 saturated carbocycles. The SMILES string of the molecule is CC(C)C1Oc2ccc(Cl)cc2N(C(C)(C)C(=O)O)C1=O. The minimum Gasteiger partial charge on any atom is -0.480 e. The van der Waals surface area contributed by atoms with Gasteiger partial charge in [-0.1, -0.05) is 25.4 Å². The van der Waals surface area contributed by atoms with Gasteiger partial charge in [-0.15, -0.1) is 0 Å². The van der Waals surface area contributed by atoms with E-state index >= 15 is 0 Å². The Labute approximate surface area is 128 Å². The molecule has 0 spiro atoms. The van der Waals surface area contributed by atoms with Crippen molar-refractivity contribution in [2.24, 2.45) is 5.92 Å². The summed E-state index contributed by atoms with van der Waals surface area (Å²) in [5.74, 6) is -1.07. The largest absolute Gasteiger partial charge is 0.480 e. The highest BCUT2D eigenvalue weighted by molar-refractivity contribution is 6.31. The van der Waals surface area contributed by atoms with Gasteiger partial charge in [0, 0.05) is 5.02 Å². The minimum absolute atomic E-state index is 0.0755. The van der Waals surface area contributed by atoms with Crippen molar-refractivity contribution in [3.05, 3.63) is 23.2 Å². The summed E-state index contributed by atoms with van der Waals surface area (Å²) in [5.41, 5.74) is -1.01. The van der Waals surface area contributed by atoms with Gasteiger partial charge in [0.2, 0.25) is 0 Å². The van der Waals surface area contributed by atoms with Crippen LogP contribution in [0.1, 0.15) is 27.7 Å². The second-order valence-corrected chi connectivity index (χ2v) is 6.37. The molecule has 1 unspecified atom stereocenters. The van der Waals surface area contributed by atoms with Crippen LogP contribution in [0.5, 0.6) is 5.75 Å². The Balaban J connectivity index is 2.63. The fourth-order valence-corrected chi connectivity index (χ4v) is 2.46. The average Bonchev–Trinajstić information content (AvgIpc) is 2.36. The van der Waals surface area contributed by atoms with E-state index in [0.29, 0.717) is 16.5 Å². The van der Waals surface area contributed by atoms with Gasteiger partial charge in [-0.05, 0) is 38.0 Å². The van der Waals surface area contributed by atoms with Crippen molar-refractivity contribution in [2.75, 3.05) is 4.90 Å². The van der Waals surface area contributed by atoms with Crippen LogP contribution in [0.2, 0.25) is 5.02 Å². The van der Waals surface area contributed by atoms with Crippen LogP contribution in [-0.2, 0) is 9.59 Å². The Bertz CT molecular complexity index is 597. The van der Waals surface area contributed by atoms with E-state index in [-0.39, 0.29) is 11.8 Å². The highest BCUT2D eigenvalue weighted by Crippen LogP contribution is 2.41. The quantitative estimate of drug-likeness (QED) is 0.932. The summed E-state index contributed by atoms with van der Waals surface area (Å²) in [4.78, 5) is 25.5. The van der Waals surface area contributed by atoms with Gasteiger partial charge in [0.15, 0.2) is 6.10 Å². The standard InChI is InChI=1S/C15H18ClNO4/c1-8(2)12-13(18)17(15(3,4)14(19)20)10-7-9(16)5-6-11(10)21-12/h5-8,12H,1-4H3,(H,19,20). The topological polar surface area (TPSA) is 66.8 Å². The zero-order valence-electron chi connectivity index (χ0n) is 12.4. The van der Waals surface area contributed by atoms with Gasteiger partial charge in [-0.2, -0.15) is 0 Å². The molecule has 21 heavy (non-hydrogen) atoms. The summed E-state index contributed by atoms with van der Waals surface area (Å²) in [6.07, 6.45) is -0.711. The van der Waals surface area contributed by atoms with Crippen LogP contribution in [0.25, 0.3) is 0 Å². The monoisotopic (exact) mass is 311 g/mol. The van der Waals surface area contributed by atoms with Crippen LogP contribution in [0.15, 0.2) is 18.2 Å². The third-order valence-electron chi connectivity index (χ3n) is 3.57. The van der Waals surface area contributed by atoms with E-state index in [1.807, 2.05) is 13.8 Å². The van der Waals surface area contributed by atoms with Crippen LogP contribution in [-0.4, -0.2) is 28.6 Å². The highest BCUT2D eigenvalue weighted by atomic mass is 35.5. The van der Waals surface area contributed by atoms with Crippen LogP contribution in [0.3, 0.4) is 0 Å². The van der Waals surface area contributed by atoms with Gasteiger partial charge in [-0.25, -0.2) is 4.79 Å². The number of rotatable bonds is 3. The zero-order chi connectivity index (χ0) is 15.9. The minimum atomic E-state index is -1.40. The zero-order valence-corrected chi connectivity index (χ0v) is 13.1. The maximum Gasteiger partial charge on any atom is 0.329 e. The number of hydrogen-bond acceptors (Lipinski definition) is 3. The molecule has 1 aromatic carbocycles. The van der Waals surface area contributed by atoms with Gasteiger partial charge in [0.05, 0.1) is 5.69 Å². The molecule has 0 bridgehead atoms. The Hall–Kier alpha value is -1.75. The molecule has 0 aromatic heterocycles. The Morgan fingerprint density at radius 3 is 2.57 bits per heavy atom. The van der Waals surface area contributed by atoms with Gasteiger partial charge >= 0.3 is 5.97 Å². The molecule has 114 valence electrons. The number of carboxylic acids is 1. The van der Waals surface area contributed by atoms with Crippen LogP contribution < -0.4 is 9.64 Å². The Kier molecular flexibility index (Phi) is 3.89. The van der Waals surface area contributed by atoms with Crippen LogP contribution >= 0.6 is 11.6 Å². The fraction of sp³-hybridized carbons (Fsp3) is 0.467. The molecule has 0 saturated heterocycles. The molecule has 0 fully saturated rings. The summed E-state index contributed by atoms with van der Waals surface area (Å²) in [6.45, 7) is 6.69.